The zero-order valence-electron chi connectivity index (χ0n) is 15.2. The normalized spacial score (nSPS) is 17.4. The quantitative estimate of drug-likeness (QED) is 0.916. The van der Waals surface area contributed by atoms with E-state index in [1.54, 1.807) is 6.07 Å². The molecule has 5 heteroatoms. The van der Waals surface area contributed by atoms with Gasteiger partial charge in [-0.1, -0.05) is 32.0 Å². The lowest BCUT2D eigenvalue weighted by atomic mass is 10.00. The second kappa shape index (κ2) is 7.64. The van der Waals surface area contributed by atoms with Crippen molar-refractivity contribution < 1.29 is 4.79 Å². The van der Waals surface area contributed by atoms with Gasteiger partial charge < -0.3 is 10.2 Å². The molecule has 1 fully saturated rings. The van der Waals surface area contributed by atoms with E-state index in [0.29, 0.717) is 17.4 Å². The number of nitrogens with zero attached hydrogens (tertiary/aromatic N) is 3. The number of amides is 1. The van der Waals surface area contributed by atoms with Crippen LogP contribution in [0.4, 0.5) is 11.5 Å². The van der Waals surface area contributed by atoms with Gasteiger partial charge in [-0.15, -0.1) is 10.2 Å². The van der Waals surface area contributed by atoms with Gasteiger partial charge in [-0.25, -0.2) is 0 Å². The number of benzene rings is 1. The van der Waals surface area contributed by atoms with E-state index >= 15 is 0 Å². The Kier molecular flexibility index (Phi) is 5.31. The fraction of sp³-hybridized carbons (Fsp3) is 0.450. The molecule has 0 aliphatic carbocycles. The minimum atomic E-state index is -0.0178. The van der Waals surface area contributed by atoms with Crippen LogP contribution in [-0.4, -0.2) is 34.1 Å². The minimum Gasteiger partial charge on any atom is -0.338 e. The molecule has 1 unspecified atom stereocenters. The molecule has 1 atom stereocenters. The molecule has 0 bridgehead atoms. The molecule has 1 aliphatic heterocycles. The molecule has 2 aromatic rings. The Morgan fingerprint density at radius 1 is 1.28 bits per heavy atom. The minimum absolute atomic E-state index is 0.0178. The summed E-state index contributed by atoms with van der Waals surface area (Å²) >= 11 is 0. The third-order valence-electron chi connectivity index (χ3n) is 4.82. The average molecular weight is 338 g/mol. The van der Waals surface area contributed by atoms with E-state index in [2.05, 4.69) is 54.5 Å². The van der Waals surface area contributed by atoms with E-state index in [4.69, 9.17) is 0 Å². The van der Waals surface area contributed by atoms with Crippen LogP contribution < -0.4 is 5.32 Å². The van der Waals surface area contributed by atoms with Crippen LogP contribution in [0, 0.1) is 12.8 Å². The maximum atomic E-state index is 12.6. The predicted octanol–water partition coefficient (Wildman–Crippen LogP) is 3.96. The molecule has 25 heavy (non-hydrogen) atoms. The molecule has 1 saturated heterocycles. The number of para-hydroxylation sites is 1. The van der Waals surface area contributed by atoms with E-state index in [9.17, 15) is 4.79 Å². The van der Waals surface area contributed by atoms with Crippen molar-refractivity contribution in [2.75, 3.05) is 18.4 Å². The lowest BCUT2D eigenvalue weighted by Gasteiger charge is -2.30. The van der Waals surface area contributed by atoms with Crippen molar-refractivity contribution in [2.45, 2.75) is 40.0 Å². The van der Waals surface area contributed by atoms with Gasteiger partial charge in [-0.05, 0) is 55.4 Å². The predicted molar refractivity (Wildman–Crippen MR) is 100 cm³/mol. The van der Waals surface area contributed by atoms with Crippen LogP contribution in [0.15, 0.2) is 30.3 Å². The molecule has 0 radical (unpaired) electrons. The van der Waals surface area contributed by atoms with Crippen LogP contribution in [0.2, 0.25) is 0 Å². The number of likely N-dealkylation sites (tertiary alicyclic amines) is 1. The topological polar surface area (TPSA) is 58.1 Å². The Morgan fingerprint density at radius 3 is 2.80 bits per heavy atom. The molecular weight excluding hydrogens is 312 g/mol. The number of hydrogen-bond donors (Lipinski definition) is 1. The van der Waals surface area contributed by atoms with Crippen LogP contribution >= 0.6 is 0 Å². The highest BCUT2D eigenvalue weighted by molar-refractivity contribution is 5.92. The number of carbonyl (C=O) groups excluding carboxylic acids is 1. The molecular formula is C20H26N4O. The van der Waals surface area contributed by atoms with E-state index in [1.165, 1.54) is 17.5 Å². The van der Waals surface area contributed by atoms with Gasteiger partial charge in [0.2, 0.25) is 0 Å². The summed E-state index contributed by atoms with van der Waals surface area (Å²) in [7, 11) is 0. The molecule has 1 N–H and O–H groups in total. The molecule has 1 amide bonds. The first-order valence-electron chi connectivity index (χ1n) is 9.07. The van der Waals surface area contributed by atoms with Crippen LogP contribution in [0.3, 0.4) is 0 Å². The molecule has 1 aliphatic rings. The summed E-state index contributed by atoms with van der Waals surface area (Å²) in [4.78, 5) is 14.5. The second-order valence-electron chi connectivity index (χ2n) is 6.89. The van der Waals surface area contributed by atoms with Crippen molar-refractivity contribution >= 4 is 17.4 Å². The van der Waals surface area contributed by atoms with Crippen LogP contribution in [0.1, 0.15) is 48.3 Å². The Balaban J connectivity index is 1.73. The summed E-state index contributed by atoms with van der Waals surface area (Å²) in [5, 5.41) is 11.7. The zero-order valence-corrected chi connectivity index (χ0v) is 15.2. The van der Waals surface area contributed by atoms with Gasteiger partial charge in [0.15, 0.2) is 11.5 Å². The van der Waals surface area contributed by atoms with Gasteiger partial charge >= 0.3 is 0 Å². The molecule has 1 aromatic heterocycles. The summed E-state index contributed by atoms with van der Waals surface area (Å²) in [6, 6.07) is 9.84. The number of piperidine rings is 1. The number of nitrogens with one attached hydrogen (secondary N) is 1. The number of aryl methyl sites for hydroxylation is 2. The highest BCUT2D eigenvalue weighted by Crippen LogP contribution is 2.24. The third kappa shape index (κ3) is 3.98. The molecule has 0 spiro atoms. The first-order valence-corrected chi connectivity index (χ1v) is 9.07. The lowest BCUT2D eigenvalue weighted by molar-refractivity contribution is 0.0676. The number of rotatable bonds is 4. The molecule has 1 aromatic carbocycles. The van der Waals surface area contributed by atoms with Crippen LogP contribution in [0.5, 0.6) is 0 Å². The van der Waals surface area contributed by atoms with Crippen molar-refractivity contribution in [3.05, 3.63) is 47.2 Å². The van der Waals surface area contributed by atoms with Gasteiger partial charge in [0, 0.05) is 18.8 Å². The average Bonchev–Trinajstić information content (AvgIpc) is 2.63. The first-order chi connectivity index (χ1) is 12.1. The number of hydrogen-bond acceptors (Lipinski definition) is 4. The summed E-state index contributed by atoms with van der Waals surface area (Å²) < 4.78 is 0. The maximum Gasteiger partial charge on any atom is 0.274 e. The van der Waals surface area contributed by atoms with Gasteiger partial charge in [0.05, 0.1) is 0 Å². The Bertz CT molecular complexity index is 742. The van der Waals surface area contributed by atoms with E-state index < -0.39 is 0 Å². The molecule has 132 valence electrons. The standard InChI is InChI=1S/C20H26N4O/c1-4-16-9-5-8-15(3)19(16)21-18-11-10-17(22-23-18)20(25)24-12-6-7-14(2)13-24/h5,8-11,14H,4,6-7,12-13H2,1-3H3,(H,21,23). The molecule has 5 nitrogen and oxygen atoms in total. The Morgan fingerprint density at radius 2 is 2.12 bits per heavy atom. The summed E-state index contributed by atoms with van der Waals surface area (Å²) in [5.74, 6) is 1.20. The molecule has 0 saturated carbocycles. The van der Waals surface area contributed by atoms with Gasteiger partial charge in [-0.3, -0.25) is 4.79 Å². The number of aromatic nitrogens is 2. The van der Waals surface area contributed by atoms with Crippen molar-refractivity contribution in [1.82, 2.24) is 15.1 Å². The summed E-state index contributed by atoms with van der Waals surface area (Å²) in [6.07, 6.45) is 3.20. The van der Waals surface area contributed by atoms with Gasteiger partial charge in [0.25, 0.3) is 5.91 Å². The molecule has 3 rings (SSSR count). The van der Waals surface area contributed by atoms with Gasteiger partial charge in [0.1, 0.15) is 0 Å². The van der Waals surface area contributed by atoms with Crippen molar-refractivity contribution in [2.24, 2.45) is 5.92 Å². The highest BCUT2D eigenvalue weighted by Gasteiger charge is 2.23. The van der Waals surface area contributed by atoms with Gasteiger partial charge in [-0.2, -0.15) is 0 Å². The van der Waals surface area contributed by atoms with E-state index in [0.717, 1.165) is 31.6 Å². The monoisotopic (exact) mass is 338 g/mol. The first kappa shape index (κ1) is 17.4. The maximum absolute atomic E-state index is 12.6. The molecule has 2 heterocycles. The Hall–Kier alpha value is -2.43. The summed E-state index contributed by atoms with van der Waals surface area (Å²) in [5.41, 5.74) is 3.90. The fourth-order valence-electron chi connectivity index (χ4n) is 3.38. The fourth-order valence-corrected chi connectivity index (χ4v) is 3.38. The van der Waals surface area contributed by atoms with Crippen molar-refractivity contribution in [3.63, 3.8) is 0 Å². The highest BCUT2D eigenvalue weighted by atomic mass is 16.2. The number of anilines is 2. The lowest BCUT2D eigenvalue weighted by Crippen LogP contribution is -2.39. The van der Waals surface area contributed by atoms with Crippen molar-refractivity contribution in [1.29, 1.82) is 0 Å². The van der Waals surface area contributed by atoms with E-state index in [-0.39, 0.29) is 5.91 Å². The summed E-state index contributed by atoms with van der Waals surface area (Å²) in [6.45, 7) is 8.01. The third-order valence-corrected chi connectivity index (χ3v) is 4.82. The Labute approximate surface area is 149 Å². The van der Waals surface area contributed by atoms with Crippen LogP contribution in [-0.2, 0) is 6.42 Å². The zero-order chi connectivity index (χ0) is 17.8. The van der Waals surface area contributed by atoms with Crippen LogP contribution in [0.25, 0.3) is 0 Å². The largest absolute Gasteiger partial charge is 0.338 e. The SMILES string of the molecule is CCc1cccc(C)c1Nc1ccc(C(=O)N2CCCC(C)C2)nn1. The van der Waals surface area contributed by atoms with Crippen molar-refractivity contribution in [3.8, 4) is 0 Å². The smallest absolute Gasteiger partial charge is 0.274 e. The van der Waals surface area contributed by atoms with E-state index in [1.807, 2.05) is 11.0 Å². The second-order valence-corrected chi connectivity index (χ2v) is 6.89. The number of carbonyl (C=O) groups is 1.